The van der Waals surface area contributed by atoms with Crippen LogP contribution in [0.3, 0.4) is 0 Å². The van der Waals surface area contributed by atoms with Crippen molar-refractivity contribution in [2.45, 2.75) is 31.4 Å². The maximum Gasteiger partial charge on any atom is 0.405 e. The first kappa shape index (κ1) is 20.5. The number of alkyl halides is 3. The number of hydrogen-bond donors (Lipinski definition) is 2. The normalized spacial score (nSPS) is 19.8. The lowest BCUT2D eigenvalue weighted by molar-refractivity contribution is -0.153. The summed E-state index contributed by atoms with van der Waals surface area (Å²) in [6.07, 6.45) is -3.96. The van der Waals surface area contributed by atoms with E-state index in [0.717, 1.165) is 5.69 Å². The van der Waals surface area contributed by atoms with Crippen LogP contribution < -0.4 is 15.8 Å². The summed E-state index contributed by atoms with van der Waals surface area (Å²) in [5.41, 5.74) is 3.63. The molecule has 1 aromatic carbocycles. The summed E-state index contributed by atoms with van der Waals surface area (Å²) in [6, 6.07) is 8.41. The third-order valence-corrected chi connectivity index (χ3v) is 4.77. The van der Waals surface area contributed by atoms with Crippen LogP contribution in [0.25, 0.3) is 0 Å². The zero-order valence-electron chi connectivity index (χ0n) is 15.0. The number of carbonyl (C=O) groups is 1. The summed E-state index contributed by atoms with van der Waals surface area (Å²) >= 11 is 6.12. The largest absolute Gasteiger partial charge is 0.405 e. The molecule has 3 rings (SSSR count). The summed E-state index contributed by atoms with van der Waals surface area (Å²) < 4.78 is 46.9. The van der Waals surface area contributed by atoms with Gasteiger partial charge in [0.05, 0.1) is 17.3 Å². The first-order chi connectivity index (χ1) is 13.3. The topological polar surface area (TPSA) is 58.5 Å². The molecule has 2 atom stereocenters. The van der Waals surface area contributed by atoms with E-state index in [4.69, 9.17) is 16.3 Å². The number of nitrogens with zero attached hydrogens (tertiary/aromatic N) is 2. The molecule has 2 heterocycles. The third-order valence-electron chi connectivity index (χ3n) is 4.45. The van der Waals surface area contributed by atoms with Gasteiger partial charge in [0.25, 0.3) is 0 Å². The van der Waals surface area contributed by atoms with E-state index in [1.54, 1.807) is 24.3 Å². The second kappa shape index (κ2) is 8.42. The Bertz CT molecular complexity index is 827. The van der Waals surface area contributed by atoms with Gasteiger partial charge in [0, 0.05) is 25.4 Å². The second-order valence-corrected chi connectivity index (χ2v) is 6.84. The molecule has 2 aromatic rings. The van der Waals surface area contributed by atoms with Crippen LogP contribution >= 0.6 is 11.6 Å². The number of aryl methyl sites for hydroxylation is 1. The number of aromatic nitrogens is 1. The van der Waals surface area contributed by atoms with E-state index in [-0.39, 0.29) is 18.1 Å². The van der Waals surface area contributed by atoms with E-state index in [2.05, 4.69) is 10.7 Å². The lowest BCUT2D eigenvalue weighted by Crippen LogP contribution is -2.45. The van der Waals surface area contributed by atoms with Crippen LogP contribution in [0.5, 0.6) is 0 Å². The molecule has 1 fully saturated rings. The van der Waals surface area contributed by atoms with Crippen LogP contribution in [0.2, 0.25) is 5.02 Å². The molecule has 6 nitrogen and oxygen atoms in total. The molecule has 0 radical (unpaired) electrons. The standard InChI is InChI=1S/C18H20ClF3N4O2/c1-25-8-4-5-12(25)10-23-16(27)11-28-17-9-15(18(20,21)22)24-26(17)14-7-3-2-6-13(14)19/h2-8,15,17,24H,9-11H2,1H3,(H,23,27). The molecule has 152 valence electrons. The second-order valence-electron chi connectivity index (χ2n) is 6.43. The first-order valence-corrected chi connectivity index (χ1v) is 8.98. The fourth-order valence-corrected chi connectivity index (χ4v) is 3.15. The van der Waals surface area contributed by atoms with Gasteiger partial charge in [0.1, 0.15) is 18.9 Å². The van der Waals surface area contributed by atoms with E-state index in [0.29, 0.717) is 12.2 Å². The molecule has 1 aliphatic rings. The third kappa shape index (κ3) is 4.78. The number of ether oxygens (including phenoxy) is 1. The van der Waals surface area contributed by atoms with Crippen molar-refractivity contribution in [1.29, 1.82) is 0 Å². The minimum Gasteiger partial charge on any atom is -0.353 e. The molecule has 10 heteroatoms. The molecule has 1 saturated heterocycles. The van der Waals surface area contributed by atoms with E-state index in [1.165, 1.54) is 5.01 Å². The molecule has 1 aliphatic heterocycles. The van der Waals surface area contributed by atoms with Gasteiger partial charge in [-0.2, -0.15) is 13.2 Å². The zero-order chi connectivity index (χ0) is 20.3. The Balaban J connectivity index is 1.63. The van der Waals surface area contributed by atoms with Crippen LogP contribution in [0, 0.1) is 0 Å². The van der Waals surface area contributed by atoms with Crippen molar-refractivity contribution in [3.8, 4) is 0 Å². The van der Waals surface area contributed by atoms with Crippen molar-refractivity contribution in [1.82, 2.24) is 15.3 Å². The van der Waals surface area contributed by atoms with Crippen molar-refractivity contribution in [3.05, 3.63) is 53.3 Å². The average molecular weight is 417 g/mol. The number of anilines is 1. The Labute approximate surface area is 165 Å². The van der Waals surface area contributed by atoms with Gasteiger partial charge >= 0.3 is 6.18 Å². The van der Waals surface area contributed by atoms with Gasteiger partial charge in [0.15, 0.2) is 0 Å². The van der Waals surface area contributed by atoms with Crippen molar-refractivity contribution >= 4 is 23.2 Å². The number of hydrazine groups is 1. The number of carbonyl (C=O) groups excluding carboxylic acids is 1. The van der Waals surface area contributed by atoms with E-state index >= 15 is 0 Å². The predicted octanol–water partition coefficient (Wildman–Crippen LogP) is 2.98. The van der Waals surface area contributed by atoms with Crippen LogP contribution in [-0.2, 0) is 23.1 Å². The highest BCUT2D eigenvalue weighted by molar-refractivity contribution is 6.33. The molecule has 2 N–H and O–H groups in total. The maximum absolute atomic E-state index is 13.2. The lowest BCUT2D eigenvalue weighted by Gasteiger charge is -2.27. The van der Waals surface area contributed by atoms with Crippen molar-refractivity contribution in [2.75, 3.05) is 11.6 Å². The van der Waals surface area contributed by atoms with Crippen molar-refractivity contribution < 1.29 is 22.7 Å². The molecular weight excluding hydrogens is 397 g/mol. The molecule has 0 saturated carbocycles. The van der Waals surface area contributed by atoms with Crippen LogP contribution in [0.15, 0.2) is 42.6 Å². The smallest absolute Gasteiger partial charge is 0.353 e. The van der Waals surface area contributed by atoms with Gasteiger partial charge in [-0.25, -0.2) is 5.43 Å². The molecule has 2 unspecified atom stereocenters. The highest BCUT2D eigenvalue weighted by Crippen LogP contribution is 2.35. The Morgan fingerprint density at radius 2 is 2.07 bits per heavy atom. The predicted molar refractivity (Wildman–Crippen MR) is 98.5 cm³/mol. The Hall–Kier alpha value is -2.23. The molecule has 0 bridgehead atoms. The summed E-state index contributed by atoms with van der Waals surface area (Å²) in [6.45, 7) is -0.0731. The van der Waals surface area contributed by atoms with Crippen LogP contribution in [0.1, 0.15) is 12.1 Å². The first-order valence-electron chi connectivity index (χ1n) is 8.61. The monoisotopic (exact) mass is 416 g/mol. The summed E-state index contributed by atoms with van der Waals surface area (Å²) in [5.74, 6) is -0.421. The fraction of sp³-hybridized carbons (Fsp3) is 0.389. The van der Waals surface area contributed by atoms with Gasteiger partial charge in [-0.05, 0) is 24.3 Å². The fourth-order valence-electron chi connectivity index (χ4n) is 2.92. The van der Waals surface area contributed by atoms with Crippen LogP contribution in [0.4, 0.5) is 18.9 Å². The van der Waals surface area contributed by atoms with E-state index in [1.807, 2.05) is 29.9 Å². The minimum absolute atomic E-state index is 0.277. The number of nitrogens with one attached hydrogen (secondary N) is 2. The zero-order valence-corrected chi connectivity index (χ0v) is 15.8. The van der Waals surface area contributed by atoms with Gasteiger partial charge in [0.2, 0.25) is 5.91 Å². The maximum atomic E-state index is 13.2. The number of hydrogen-bond acceptors (Lipinski definition) is 4. The van der Waals surface area contributed by atoms with Gasteiger partial charge in [-0.3, -0.25) is 9.80 Å². The molecule has 1 amide bonds. The van der Waals surface area contributed by atoms with Gasteiger partial charge < -0.3 is 14.6 Å². The quantitative estimate of drug-likeness (QED) is 0.760. The number of amides is 1. The highest BCUT2D eigenvalue weighted by atomic mass is 35.5. The highest BCUT2D eigenvalue weighted by Gasteiger charge is 2.48. The Kier molecular flexibility index (Phi) is 6.17. The SMILES string of the molecule is Cn1cccc1CNC(=O)COC1CC(C(F)(F)F)NN1c1ccccc1Cl. The summed E-state index contributed by atoms with van der Waals surface area (Å²) in [5, 5.41) is 4.19. The summed E-state index contributed by atoms with van der Waals surface area (Å²) in [4.78, 5) is 12.1. The average Bonchev–Trinajstić information content (AvgIpc) is 3.24. The van der Waals surface area contributed by atoms with Gasteiger partial charge in [-0.15, -0.1) is 0 Å². The van der Waals surface area contributed by atoms with Crippen molar-refractivity contribution in [2.24, 2.45) is 7.05 Å². The molecule has 0 spiro atoms. The molecular formula is C18H20ClF3N4O2. The minimum atomic E-state index is -4.45. The molecule has 1 aromatic heterocycles. The van der Waals surface area contributed by atoms with E-state index < -0.39 is 24.4 Å². The van der Waals surface area contributed by atoms with Gasteiger partial charge in [-0.1, -0.05) is 23.7 Å². The lowest BCUT2D eigenvalue weighted by atomic mass is 10.2. The number of rotatable bonds is 6. The Morgan fingerprint density at radius 3 is 2.71 bits per heavy atom. The summed E-state index contributed by atoms with van der Waals surface area (Å²) in [7, 11) is 1.85. The van der Waals surface area contributed by atoms with Crippen molar-refractivity contribution in [3.63, 3.8) is 0 Å². The Morgan fingerprint density at radius 1 is 1.32 bits per heavy atom. The number of benzene rings is 1. The molecule has 0 aliphatic carbocycles. The van der Waals surface area contributed by atoms with E-state index in [9.17, 15) is 18.0 Å². The molecule has 28 heavy (non-hydrogen) atoms. The van der Waals surface area contributed by atoms with Crippen LogP contribution in [-0.4, -0.2) is 35.5 Å². The number of halogens is 4. The number of para-hydroxylation sites is 1.